The van der Waals surface area contributed by atoms with E-state index in [9.17, 15) is 9.59 Å². The molecule has 2 saturated carbocycles. The Bertz CT molecular complexity index is 589. The van der Waals surface area contributed by atoms with Crippen LogP contribution in [0.2, 0.25) is 0 Å². The molecule has 0 amide bonds. The van der Waals surface area contributed by atoms with Crippen LogP contribution in [0.25, 0.3) is 0 Å². The van der Waals surface area contributed by atoms with Crippen molar-refractivity contribution in [2.75, 3.05) is 18.5 Å². The van der Waals surface area contributed by atoms with Crippen LogP contribution in [0.5, 0.6) is 0 Å². The minimum absolute atomic E-state index is 0.0409. The normalized spacial score (nSPS) is 28.9. The lowest BCUT2D eigenvalue weighted by Gasteiger charge is -2.31. The van der Waals surface area contributed by atoms with Crippen LogP contribution in [-0.2, 0) is 19.1 Å². The van der Waals surface area contributed by atoms with E-state index in [-0.39, 0.29) is 29.7 Å². The average molecular weight is 347 g/mol. The van der Waals surface area contributed by atoms with Gasteiger partial charge in [0, 0.05) is 11.6 Å². The molecule has 1 N–H and O–H groups in total. The summed E-state index contributed by atoms with van der Waals surface area (Å²) in [7, 11) is 0. The molecule has 4 unspecified atom stereocenters. The monoisotopic (exact) mass is 347 g/mol. The number of hydrogen-bond acceptors (Lipinski definition) is 5. The zero-order valence-electron chi connectivity index (χ0n) is 15.6. The van der Waals surface area contributed by atoms with Crippen molar-refractivity contribution in [3.63, 3.8) is 0 Å². The molecule has 2 fully saturated rings. The Morgan fingerprint density at radius 3 is 2.36 bits per heavy atom. The fraction of sp³-hybridized carbons (Fsp3) is 0.600. The van der Waals surface area contributed by atoms with Gasteiger partial charge in [-0.05, 0) is 44.7 Å². The maximum atomic E-state index is 12.7. The molecule has 0 aromatic heterocycles. The maximum absolute atomic E-state index is 12.7. The molecular formula is C20H29NO4. The van der Waals surface area contributed by atoms with Gasteiger partial charge in [-0.2, -0.15) is 0 Å². The van der Waals surface area contributed by atoms with E-state index in [1.807, 2.05) is 44.2 Å². The zero-order chi connectivity index (χ0) is 18.4. The van der Waals surface area contributed by atoms with Crippen LogP contribution in [0.4, 0.5) is 5.69 Å². The smallest absolute Gasteiger partial charge is 0.332 e. The van der Waals surface area contributed by atoms with Crippen molar-refractivity contribution in [3.05, 3.63) is 30.3 Å². The molecule has 138 valence electrons. The fourth-order valence-corrected chi connectivity index (χ4v) is 4.00. The highest BCUT2D eigenvalue weighted by Crippen LogP contribution is 2.63. The van der Waals surface area contributed by atoms with Crippen LogP contribution in [0.15, 0.2) is 30.3 Å². The molecule has 2 aliphatic carbocycles. The minimum Gasteiger partial charge on any atom is -0.466 e. The molecule has 4 atom stereocenters. The third-order valence-corrected chi connectivity index (χ3v) is 4.95. The zero-order valence-corrected chi connectivity index (χ0v) is 15.6. The summed E-state index contributed by atoms with van der Waals surface area (Å²) < 4.78 is 10.5. The number of esters is 2. The summed E-state index contributed by atoms with van der Waals surface area (Å²) >= 11 is 0. The van der Waals surface area contributed by atoms with Crippen molar-refractivity contribution in [2.24, 2.45) is 17.8 Å². The molecule has 3 rings (SSSR count). The second kappa shape index (κ2) is 8.37. The number of anilines is 1. The van der Waals surface area contributed by atoms with Crippen LogP contribution in [-0.4, -0.2) is 30.7 Å². The van der Waals surface area contributed by atoms with E-state index in [2.05, 4.69) is 5.32 Å². The van der Waals surface area contributed by atoms with Gasteiger partial charge in [-0.3, -0.25) is 4.79 Å². The van der Waals surface area contributed by atoms with Crippen molar-refractivity contribution in [3.8, 4) is 0 Å². The van der Waals surface area contributed by atoms with E-state index < -0.39 is 5.54 Å². The first kappa shape index (κ1) is 19.3. The SMILES string of the molecule is CC.CCOC(=O)C1C2CCC(Nc3ccccc3)(C(=O)OCC)C21. The van der Waals surface area contributed by atoms with Crippen molar-refractivity contribution >= 4 is 17.6 Å². The number of carbonyl (C=O) groups is 2. The Labute approximate surface area is 150 Å². The summed E-state index contributed by atoms with van der Waals surface area (Å²) in [5, 5.41) is 3.38. The molecule has 5 heteroatoms. The van der Waals surface area contributed by atoms with Crippen LogP contribution < -0.4 is 5.32 Å². The van der Waals surface area contributed by atoms with Gasteiger partial charge in [0.05, 0.1) is 19.1 Å². The number of rotatable bonds is 6. The van der Waals surface area contributed by atoms with Gasteiger partial charge in [0.25, 0.3) is 0 Å². The first-order chi connectivity index (χ1) is 12.1. The topological polar surface area (TPSA) is 64.6 Å². The Hall–Kier alpha value is -2.04. The highest BCUT2D eigenvalue weighted by atomic mass is 16.5. The molecule has 0 spiro atoms. The maximum Gasteiger partial charge on any atom is 0.332 e. The van der Waals surface area contributed by atoms with Crippen LogP contribution in [0.3, 0.4) is 0 Å². The molecule has 5 nitrogen and oxygen atoms in total. The number of fused-ring (bicyclic) bond motifs is 1. The predicted molar refractivity (Wildman–Crippen MR) is 97.1 cm³/mol. The first-order valence-corrected chi connectivity index (χ1v) is 9.31. The van der Waals surface area contributed by atoms with Crippen LogP contribution >= 0.6 is 0 Å². The number of carbonyl (C=O) groups excluding carboxylic acids is 2. The summed E-state index contributed by atoms with van der Waals surface area (Å²) in [5.74, 6) is -0.464. The van der Waals surface area contributed by atoms with Gasteiger partial charge in [0.15, 0.2) is 0 Å². The molecule has 2 aliphatic rings. The number of hydrogen-bond donors (Lipinski definition) is 1. The van der Waals surface area contributed by atoms with E-state index in [1.54, 1.807) is 13.8 Å². The Morgan fingerprint density at radius 2 is 1.76 bits per heavy atom. The van der Waals surface area contributed by atoms with E-state index in [4.69, 9.17) is 9.47 Å². The minimum atomic E-state index is -0.820. The molecule has 0 radical (unpaired) electrons. The Morgan fingerprint density at radius 1 is 1.12 bits per heavy atom. The lowest BCUT2D eigenvalue weighted by molar-refractivity contribution is -0.150. The second-order valence-corrected chi connectivity index (χ2v) is 6.19. The largest absolute Gasteiger partial charge is 0.466 e. The summed E-state index contributed by atoms with van der Waals surface area (Å²) in [6.45, 7) is 8.30. The van der Waals surface area contributed by atoms with E-state index in [0.29, 0.717) is 19.6 Å². The molecular weight excluding hydrogens is 318 g/mol. The molecule has 25 heavy (non-hydrogen) atoms. The summed E-state index contributed by atoms with van der Waals surface area (Å²) in [6, 6.07) is 9.62. The Balaban J connectivity index is 0.00000109. The van der Waals surface area contributed by atoms with Crippen LogP contribution in [0, 0.1) is 17.8 Å². The third kappa shape index (κ3) is 3.65. The van der Waals surface area contributed by atoms with E-state index >= 15 is 0 Å². The van der Waals surface area contributed by atoms with Crippen molar-refractivity contribution in [1.82, 2.24) is 0 Å². The van der Waals surface area contributed by atoms with Gasteiger partial charge in [0.1, 0.15) is 5.54 Å². The van der Waals surface area contributed by atoms with Gasteiger partial charge in [0.2, 0.25) is 0 Å². The molecule has 0 saturated heterocycles. The number of para-hydroxylation sites is 1. The van der Waals surface area contributed by atoms with Gasteiger partial charge in [-0.15, -0.1) is 0 Å². The lowest BCUT2D eigenvalue weighted by atomic mass is 9.89. The molecule has 0 heterocycles. The van der Waals surface area contributed by atoms with Crippen molar-refractivity contribution < 1.29 is 19.1 Å². The van der Waals surface area contributed by atoms with Gasteiger partial charge in [-0.1, -0.05) is 32.0 Å². The second-order valence-electron chi connectivity index (χ2n) is 6.19. The third-order valence-electron chi connectivity index (χ3n) is 4.95. The van der Waals surface area contributed by atoms with E-state index in [1.165, 1.54) is 0 Å². The van der Waals surface area contributed by atoms with Gasteiger partial charge in [-0.25, -0.2) is 4.79 Å². The van der Waals surface area contributed by atoms with Gasteiger partial charge < -0.3 is 14.8 Å². The van der Waals surface area contributed by atoms with E-state index in [0.717, 1.165) is 12.1 Å². The van der Waals surface area contributed by atoms with Crippen LogP contribution in [0.1, 0.15) is 40.5 Å². The summed E-state index contributed by atoms with van der Waals surface area (Å²) in [6.07, 6.45) is 1.53. The molecule has 0 aliphatic heterocycles. The fourth-order valence-electron chi connectivity index (χ4n) is 4.00. The number of nitrogens with one attached hydrogen (secondary N) is 1. The molecule has 0 bridgehead atoms. The predicted octanol–water partition coefficient (Wildman–Crippen LogP) is 3.65. The number of ether oxygens (including phenoxy) is 2. The quantitative estimate of drug-likeness (QED) is 0.796. The van der Waals surface area contributed by atoms with Crippen molar-refractivity contribution in [1.29, 1.82) is 0 Å². The summed E-state index contributed by atoms with van der Waals surface area (Å²) in [5.41, 5.74) is 0.0510. The lowest BCUT2D eigenvalue weighted by Crippen LogP contribution is -2.49. The Kier molecular flexibility index (Phi) is 6.45. The summed E-state index contributed by atoms with van der Waals surface area (Å²) in [4.78, 5) is 24.8. The first-order valence-electron chi connectivity index (χ1n) is 9.31. The molecule has 1 aromatic carbocycles. The van der Waals surface area contributed by atoms with Crippen molar-refractivity contribution in [2.45, 2.75) is 46.1 Å². The molecule has 1 aromatic rings. The number of benzene rings is 1. The average Bonchev–Trinajstić information content (AvgIpc) is 3.26. The highest BCUT2D eigenvalue weighted by Gasteiger charge is 2.72. The highest BCUT2D eigenvalue weighted by molar-refractivity contribution is 5.90. The van der Waals surface area contributed by atoms with Gasteiger partial charge >= 0.3 is 11.9 Å². The standard InChI is InChI=1S/C18H23NO4.C2H6/c1-3-22-16(20)14-13-10-11-18(15(13)14,17(21)23-4-2)19-12-8-6-5-7-9-12;1-2/h5-9,13-15,19H,3-4,10-11H2,1-2H3;1-2H3.